The molecule has 26 heavy (non-hydrogen) atoms. The minimum Gasteiger partial charge on any atom is -0.495 e. The average Bonchev–Trinajstić information content (AvgIpc) is 2.97. The standard InChI is InChI=1S/C18H24N2O4S2/c1-11-6-7-14(24-5)12(8-11)20-13-9-26(22,23)10-15(13)25-17(20)19-16(21)18(2,3)4/h6-8,13,15H,9-10H2,1-5H3/t13-,15-/m0/s1. The van der Waals surface area contributed by atoms with Crippen LogP contribution in [0.25, 0.3) is 0 Å². The average molecular weight is 397 g/mol. The van der Waals surface area contributed by atoms with Gasteiger partial charge in [0.2, 0.25) is 0 Å². The second kappa shape index (κ2) is 6.56. The van der Waals surface area contributed by atoms with E-state index in [2.05, 4.69) is 4.99 Å². The van der Waals surface area contributed by atoms with Crippen LogP contribution >= 0.6 is 11.8 Å². The van der Waals surface area contributed by atoms with Gasteiger partial charge >= 0.3 is 0 Å². The van der Waals surface area contributed by atoms with Crippen molar-refractivity contribution in [3.63, 3.8) is 0 Å². The van der Waals surface area contributed by atoms with Crippen LogP contribution in [-0.2, 0) is 14.6 Å². The number of benzene rings is 1. The number of hydrogen-bond acceptors (Lipinski definition) is 5. The molecule has 142 valence electrons. The van der Waals surface area contributed by atoms with E-state index in [-0.39, 0.29) is 28.7 Å². The van der Waals surface area contributed by atoms with Gasteiger partial charge in [0.1, 0.15) is 5.75 Å². The van der Waals surface area contributed by atoms with Crippen LogP contribution in [0.3, 0.4) is 0 Å². The fourth-order valence-corrected chi connectivity index (χ4v) is 6.99. The van der Waals surface area contributed by atoms with E-state index in [1.165, 1.54) is 11.8 Å². The maximum atomic E-state index is 12.5. The number of thioether (sulfide) groups is 1. The molecule has 0 saturated carbocycles. The highest BCUT2D eigenvalue weighted by Crippen LogP contribution is 2.44. The minimum atomic E-state index is -3.10. The lowest BCUT2D eigenvalue weighted by Crippen LogP contribution is -2.38. The summed E-state index contributed by atoms with van der Waals surface area (Å²) in [5, 5.41) is 0.426. The Morgan fingerprint density at radius 2 is 2.00 bits per heavy atom. The molecule has 2 fully saturated rings. The van der Waals surface area contributed by atoms with Gasteiger partial charge in [-0.25, -0.2) is 8.42 Å². The number of ether oxygens (including phenoxy) is 1. The van der Waals surface area contributed by atoms with Crippen molar-refractivity contribution in [2.45, 2.75) is 39.0 Å². The number of methoxy groups -OCH3 is 1. The van der Waals surface area contributed by atoms with Crippen molar-refractivity contribution >= 4 is 38.4 Å². The monoisotopic (exact) mass is 396 g/mol. The maximum Gasteiger partial charge on any atom is 0.253 e. The van der Waals surface area contributed by atoms with Crippen LogP contribution < -0.4 is 9.64 Å². The molecule has 1 amide bonds. The van der Waals surface area contributed by atoms with Crippen LogP contribution in [0, 0.1) is 12.3 Å². The highest BCUT2D eigenvalue weighted by atomic mass is 32.2. The number of aryl methyl sites for hydroxylation is 1. The number of carbonyl (C=O) groups is 1. The van der Waals surface area contributed by atoms with Crippen molar-refractivity contribution in [3.8, 4) is 5.75 Å². The van der Waals surface area contributed by atoms with Gasteiger partial charge in [-0.15, -0.1) is 0 Å². The normalized spacial score (nSPS) is 26.2. The lowest BCUT2D eigenvalue weighted by atomic mass is 9.96. The first-order valence-corrected chi connectivity index (χ1v) is 11.2. The molecular formula is C18H24N2O4S2. The van der Waals surface area contributed by atoms with Crippen molar-refractivity contribution in [2.75, 3.05) is 23.5 Å². The third-order valence-corrected chi connectivity index (χ3v) is 7.71. The summed E-state index contributed by atoms with van der Waals surface area (Å²) in [4.78, 5) is 18.7. The van der Waals surface area contributed by atoms with Crippen molar-refractivity contribution < 1.29 is 17.9 Å². The van der Waals surface area contributed by atoms with E-state index >= 15 is 0 Å². The van der Waals surface area contributed by atoms with Crippen LogP contribution in [0.1, 0.15) is 26.3 Å². The molecule has 1 aromatic carbocycles. The summed E-state index contributed by atoms with van der Waals surface area (Å²) in [7, 11) is -1.52. The first-order chi connectivity index (χ1) is 12.0. The molecule has 0 radical (unpaired) electrons. The fraction of sp³-hybridized carbons (Fsp3) is 0.556. The Kier molecular flexibility index (Phi) is 4.85. The number of fused-ring (bicyclic) bond motifs is 1. The second-order valence-electron chi connectivity index (χ2n) is 7.80. The predicted molar refractivity (Wildman–Crippen MR) is 106 cm³/mol. The number of rotatable bonds is 2. The summed E-state index contributed by atoms with van der Waals surface area (Å²) in [5.41, 5.74) is 1.18. The lowest BCUT2D eigenvalue weighted by Gasteiger charge is -2.27. The number of amidine groups is 1. The quantitative estimate of drug-likeness (QED) is 0.765. The number of nitrogens with zero attached hydrogens (tertiary/aromatic N) is 2. The molecule has 3 rings (SSSR count). The first kappa shape index (κ1) is 19.2. The van der Waals surface area contributed by atoms with Crippen LogP contribution in [0.4, 0.5) is 5.69 Å². The van der Waals surface area contributed by atoms with E-state index in [1.807, 2.05) is 50.8 Å². The van der Waals surface area contributed by atoms with Crippen molar-refractivity contribution in [3.05, 3.63) is 23.8 Å². The number of sulfone groups is 1. The molecule has 0 aliphatic carbocycles. The molecule has 6 nitrogen and oxygen atoms in total. The Hall–Kier alpha value is -1.54. The first-order valence-electron chi connectivity index (χ1n) is 8.46. The van der Waals surface area contributed by atoms with E-state index in [4.69, 9.17) is 4.74 Å². The van der Waals surface area contributed by atoms with Crippen LogP contribution in [0.15, 0.2) is 23.2 Å². The molecule has 2 atom stereocenters. The van der Waals surface area contributed by atoms with Gasteiger partial charge in [-0.2, -0.15) is 4.99 Å². The zero-order chi connectivity index (χ0) is 19.3. The second-order valence-corrected chi connectivity index (χ2v) is 11.2. The Labute approximate surface area is 158 Å². The SMILES string of the molecule is COc1ccc(C)cc1N1C(=NC(=O)C(C)(C)C)S[C@H]2CS(=O)(=O)C[C@@H]21. The van der Waals surface area contributed by atoms with Crippen LogP contribution in [0.2, 0.25) is 0 Å². The van der Waals surface area contributed by atoms with E-state index in [9.17, 15) is 13.2 Å². The summed E-state index contributed by atoms with van der Waals surface area (Å²) in [6.07, 6.45) is 0. The highest BCUT2D eigenvalue weighted by Gasteiger charge is 2.50. The molecule has 8 heteroatoms. The Morgan fingerprint density at radius 1 is 1.31 bits per heavy atom. The summed E-state index contributed by atoms with van der Waals surface area (Å²) in [6, 6.07) is 5.50. The van der Waals surface area contributed by atoms with Crippen LogP contribution in [-0.4, -0.2) is 49.4 Å². The van der Waals surface area contributed by atoms with Gasteiger partial charge in [0, 0.05) is 10.7 Å². The van der Waals surface area contributed by atoms with Crippen molar-refractivity contribution in [1.82, 2.24) is 0 Å². The Balaban J connectivity index is 2.11. The van der Waals surface area contributed by atoms with Gasteiger partial charge < -0.3 is 9.64 Å². The molecule has 2 aliphatic rings. The third-order valence-electron chi connectivity index (χ3n) is 4.50. The zero-order valence-corrected chi connectivity index (χ0v) is 17.3. The van der Waals surface area contributed by atoms with Gasteiger partial charge in [0.05, 0.1) is 30.3 Å². The summed E-state index contributed by atoms with van der Waals surface area (Å²) >= 11 is 1.38. The molecule has 0 unspecified atom stereocenters. The summed E-state index contributed by atoms with van der Waals surface area (Å²) in [5.74, 6) is 0.580. The zero-order valence-electron chi connectivity index (χ0n) is 15.6. The van der Waals surface area contributed by atoms with Gasteiger partial charge in [-0.1, -0.05) is 38.6 Å². The van der Waals surface area contributed by atoms with E-state index in [1.54, 1.807) is 7.11 Å². The van der Waals surface area contributed by atoms with E-state index in [0.29, 0.717) is 10.9 Å². The third kappa shape index (κ3) is 3.62. The largest absolute Gasteiger partial charge is 0.495 e. The summed E-state index contributed by atoms with van der Waals surface area (Å²) < 4.78 is 29.8. The van der Waals surface area contributed by atoms with Crippen molar-refractivity contribution in [1.29, 1.82) is 0 Å². The van der Waals surface area contributed by atoms with Gasteiger partial charge in [-0.05, 0) is 24.6 Å². The van der Waals surface area contributed by atoms with E-state index in [0.717, 1.165) is 11.3 Å². The number of carbonyl (C=O) groups excluding carboxylic acids is 1. The smallest absolute Gasteiger partial charge is 0.253 e. The molecule has 2 heterocycles. The maximum absolute atomic E-state index is 12.5. The van der Waals surface area contributed by atoms with E-state index < -0.39 is 15.3 Å². The predicted octanol–water partition coefficient (Wildman–Crippen LogP) is 2.65. The van der Waals surface area contributed by atoms with Gasteiger partial charge in [-0.3, -0.25) is 4.79 Å². The molecule has 2 saturated heterocycles. The Bertz CT molecular complexity index is 872. The molecule has 1 aromatic rings. The minimum absolute atomic E-state index is 0.0600. The molecule has 2 aliphatic heterocycles. The topological polar surface area (TPSA) is 76.0 Å². The lowest BCUT2D eigenvalue weighted by molar-refractivity contribution is -0.124. The summed E-state index contributed by atoms with van der Waals surface area (Å²) in [6.45, 7) is 7.43. The molecule has 0 bridgehead atoms. The van der Waals surface area contributed by atoms with Gasteiger partial charge in [0.15, 0.2) is 15.0 Å². The molecule has 0 N–H and O–H groups in total. The Morgan fingerprint density at radius 3 is 2.62 bits per heavy atom. The number of hydrogen-bond donors (Lipinski definition) is 0. The molecule has 0 aromatic heterocycles. The number of amides is 1. The van der Waals surface area contributed by atoms with Gasteiger partial charge in [0.25, 0.3) is 5.91 Å². The molecule has 0 spiro atoms. The fourth-order valence-electron chi connectivity index (χ4n) is 3.09. The number of anilines is 1. The van der Waals surface area contributed by atoms with Crippen molar-refractivity contribution in [2.24, 2.45) is 10.4 Å². The molecular weight excluding hydrogens is 372 g/mol. The highest BCUT2D eigenvalue weighted by molar-refractivity contribution is 8.16. The number of aliphatic imine (C=N–C) groups is 1. The van der Waals surface area contributed by atoms with Crippen LogP contribution in [0.5, 0.6) is 5.75 Å².